The van der Waals surface area contributed by atoms with Gasteiger partial charge in [-0.25, -0.2) is 19.3 Å². The summed E-state index contributed by atoms with van der Waals surface area (Å²) in [5, 5.41) is 5.86. The standard InChI is InChI=1S/C23H18FN5O2/c1-15-13-18(31-23-26-11-4-12-27-23)8-9-20(15)29-22(30)19-7-3-10-25-21(19)28-17-6-2-5-16(24)14-17/h2-14H,1H3,(H,25,28)(H,29,30). The van der Waals surface area contributed by atoms with Crippen molar-refractivity contribution in [1.82, 2.24) is 15.0 Å². The Morgan fingerprint density at radius 2 is 1.74 bits per heavy atom. The summed E-state index contributed by atoms with van der Waals surface area (Å²) in [6.45, 7) is 1.85. The monoisotopic (exact) mass is 415 g/mol. The molecule has 0 saturated heterocycles. The third kappa shape index (κ3) is 4.99. The molecule has 154 valence electrons. The molecule has 31 heavy (non-hydrogen) atoms. The first-order valence-electron chi connectivity index (χ1n) is 9.43. The van der Waals surface area contributed by atoms with E-state index in [4.69, 9.17) is 4.74 Å². The molecule has 4 rings (SSSR count). The molecule has 0 aliphatic carbocycles. The lowest BCUT2D eigenvalue weighted by molar-refractivity contribution is 0.102. The number of carbonyl (C=O) groups excluding carboxylic acids is 1. The molecule has 0 atom stereocenters. The Morgan fingerprint density at radius 1 is 0.935 bits per heavy atom. The van der Waals surface area contributed by atoms with Crippen LogP contribution in [0.4, 0.5) is 21.6 Å². The summed E-state index contributed by atoms with van der Waals surface area (Å²) < 4.78 is 19.1. The zero-order chi connectivity index (χ0) is 21.6. The van der Waals surface area contributed by atoms with E-state index >= 15 is 0 Å². The number of carbonyl (C=O) groups is 1. The molecule has 2 aromatic carbocycles. The molecule has 0 fully saturated rings. The van der Waals surface area contributed by atoms with Crippen molar-refractivity contribution in [3.63, 3.8) is 0 Å². The van der Waals surface area contributed by atoms with Gasteiger partial charge >= 0.3 is 6.01 Å². The first-order valence-corrected chi connectivity index (χ1v) is 9.43. The predicted octanol–water partition coefficient (Wildman–Crippen LogP) is 5.11. The van der Waals surface area contributed by atoms with E-state index in [-0.39, 0.29) is 17.7 Å². The quantitative estimate of drug-likeness (QED) is 0.455. The van der Waals surface area contributed by atoms with Crippen molar-refractivity contribution in [2.24, 2.45) is 0 Å². The van der Waals surface area contributed by atoms with Crippen molar-refractivity contribution >= 4 is 23.1 Å². The first kappa shape index (κ1) is 20.0. The molecule has 7 nitrogen and oxygen atoms in total. The smallest absolute Gasteiger partial charge is 0.321 e. The summed E-state index contributed by atoms with van der Waals surface area (Å²) in [6, 6.07) is 16.4. The third-order valence-corrected chi connectivity index (χ3v) is 4.34. The number of aromatic nitrogens is 3. The number of rotatable bonds is 6. The molecule has 0 aliphatic rings. The Bertz CT molecular complexity index is 1220. The number of halogens is 1. The molecule has 4 aromatic rings. The molecule has 0 radical (unpaired) electrons. The van der Waals surface area contributed by atoms with Crippen LogP contribution in [0.5, 0.6) is 11.8 Å². The highest BCUT2D eigenvalue weighted by atomic mass is 19.1. The van der Waals surface area contributed by atoms with Crippen molar-refractivity contribution in [2.45, 2.75) is 6.92 Å². The zero-order valence-electron chi connectivity index (χ0n) is 16.5. The number of aryl methyl sites for hydroxylation is 1. The van der Waals surface area contributed by atoms with E-state index in [2.05, 4.69) is 25.6 Å². The number of hydrogen-bond donors (Lipinski definition) is 2. The molecule has 8 heteroatoms. The maximum Gasteiger partial charge on any atom is 0.321 e. The van der Waals surface area contributed by atoms with Crippen molar-refractivity contribution in [3.8, 4) is 11.8 Å². The van der Waals surface area contributed by atoms with Crippen LogP contribution in [0.1, 0.15) is 15.9 Å². The van der Waals surface area contributed by atoms with Gasteiger partial charge < -0.3 is 15.4 Å². The Kier molecular flexibility index (Phi) is 5.79. The largest absolute Gasteiger partial charge is 0.424 e. The predicted molar refractivity (Wildman–Crippen MR) is 115 cm³/mol. The SMILES string of the molecule is Cc1cc(Oc2ncccn2)ccc1NC(=O)c1cccnc1Nc1cccc(F)c1. The molecule has 2 aromatic heterocycles. The number of benzene rings is 2. The van der Waals surface area contributed by atoms with Crippen LogP contribution in [0.3, 0.4) is 0 Å². The number of nitrogens with one attached hydrogen (secondary N) is 2. The van der Waals surface area contributed by atoms with Crippen molar-refractivity contribution in [3.05, 3.63) is 96.2 Å². The number of ether oxygens (including phenoxy) is 1. The number of anilines is 3. The number of nitrogens with zero attached hydrogens (tertiary/aromatic N) is 3. The average Bonchev–Trinajstić information content (AvgIpc) is 2.77. The van der Waals surface area contributed by atoms with Gasteiger partial charge in [-0.05, 0) is 67.1 Å². The van der Waals surface area contributed by atoms with Gasteiger partial charge in [-0.2, -0.15) is 0 Å². The Hall–Kier alpha value is -4.33. The summed E-state index contributed by atoms with van der Waals surface area (Å²) in [4.78, 5) is 25.2. The van der Waals surface area contributed by atoms with Gasteiger partial charge in [0.1, 0.15) is 17.4 Å². The topological polar surface area (TPSA) is 89.0 Å². The minimum Gasteiger partial charge on any atom is -0.424 e. The van der Waals surface area contributed by atoms with Crippen LogP contribution >= 0.6 is 0 Å². The highest BCUT2D eigenvalue weighted by Gasteiger charge is 2.14. The fraction of sp³-hybridized carbons (Fsp3) is 0.0435. The van der Waals surface area contributed by atoms with E-state index in [0.717, 1.165) is 5.56 Å². The second-order valence-electron chi connectivity index (χ2n) is 6.60. The van der Waals surface area contributed by atoms with E-state index < -0.39 is 0 Å². The molecule has 0 saturated carbocycles. The Balaban J connectivity index is 1.51. The first-order chi connectivity index (χ1) is 15.1. The molecule has 0 unspecified atom stereocenters. The van der Waals surface area contributed by atoms with Crippen molar-refractivity contribution in [2.75, 3.05) is 10.6 Å². The lowest BCUT2D eigenvalue weighted by Crippen LogP contribution is -2.15. The van der Waals surface area contributed by atoms with Gasteiger partial charge in [0.2, 0.25) is 0 Å². The van der Waals surface area contributed by atoms with Crippen LogP contribution in [0.25, 0.3) is 0 Å². The summed E-state index contributed by atoms with van der Waals surface area (Å²) in [5.41, 5.74) is 2.23. The Labute approximate surface area is 178 Å². The van der Waals surface area contributed by atoms with Crippen LogP contribution in [0.2, 0.25) is 0 Å². The van der Waals surface area contributed by atoms with E-state index in [1.165, 1.54) is 12.1 Å². The number of pyridine rings is 1. The van der Waals surface area contributed by atoms with E-state index in [9.17, 15) is 9.18 Å². The van der Waals surface area contributed by atoms with Gasteiger partial charge in [0, 0.05) is 30.0 Å². The molecule has 1 amide bonds. The maximum absolute atomic E-state index is 13.5. The van der Waals surface area contributed by atoms with Gasteiger partial charge in [-0.1, -0.05) is 6.07 Å². The average molecular weight is 415 g/mol. The van der Waals surface area contributed by atoms with E-state index in [1.807, 2.05) is 6.92 Å². The molecular weight excluding hydrogens is 397 g/mol. The molecule has 0 spiro atoms. The van der Waals surface area contributed by atoms with Gasteiger partial charge in [0.25, 0.3) is 5.91 Å². The summed E-state index contributed by atoms with van der Waals surface area (Å²) in [6.07, 6.45) is 4.74. The molecule has 2 heterocycles. The number of hydrogen-bond acceptors (Lipinski definition) is 6. The van der Waals surface area contributed by atoms with Crippen LogP contribution in [0.15, 0.2) is 79.3 Å². The van der Waals surface area contributed by atoms with E-state index in [0.29, 0.717) is 28.5 Å². The summed E-state index contributed by atoms with van der Waals surface area (Å²) in [7, 11) is 0. The van der Waals surface area contributed by atoms with Crippen molar-refractivity contribution in [1.29, 1.82) is 0 Å². The summed E-state index contributed by atoms with van der Waals surface area (Å²) >= 11 is 0. The van der Waals surface area contributed by atoms with Gasteiger partial charge in [0.05, 0.1) is 5.56 Å². The minimum absolute atomic E-state index is 0.238. The lowest BCUT2D eigenvalue weighted by Gasteiger charge is -2.13. The van der Waals surface area contributed by atoms with Gasteiger partial charge in [-0.3, -0.25) is 4.79 Å². The second kappa shape index (κ2) is 9.00. The fourth-order valence-corrected chi connectivity index (χ4v) is 2.86. The molecule has 0 bridgehead atoms. The van der Waals surface area contributed by atoms with Crippen LogP contribution in [-0.4, -0.2) is 20.9 Å². The van der Waals surface area contributed by atoms with Gasteiger partial charge in [-0.15, -0.1) is 0 Å². The number of amides is 1. The lowest BCUT2D eigenvalue weighted by atomic mass is 10.1. The highest BCUT2D eigenvalue weighted by molar-refractivity contribution is 6.08. The van der Waals surface area contributed by atoms with Gasteiger partial charge in [0.15, 0.2) is 0 Å². The van der Waals surface area contributed by atoms with Crippen LogP contribution in [0, 0.1) is 12.7 Å². The molecular formula is C23H18FN5O2. The second-order valence-corrected chi connectivity index (χ2v) is 6.60. The normalized spacial score (nSPS) is 10.4. The van der Waals surface area contributed by atoms with E-state index in [1.54, 1.807) is 67.1 Å². The minimum atomic E-state index is -0.384. The third-order valence-electron chi connectivity index (χ3n) is 4.34. The van der Waals surface area contributed by atoms with Crippen LogP contribution in [-0.2, 0) is 0 Å². The Morgan fingerprint density at radius 3 is 2.52 bits per heavy atom. The van der Waals surface area contributed by atoms with Crippen LogP contribution < -0.4 is 15.4 Å². The zero-order valence-corrected chi connectivity index (χ0v) is 16.5. The summed E-state index contributed by atoms with van der Waals surface area (Å²) in [5.74, 6) is 0.141. The molecule has 2 N–H and O–H groups in total. The van der Waals surface area contributed by atoms with Crippen molar-refractivity contribution < 1.29 is 13.9 Å². The molecule has 0 aliphatic heterocycles. The highest BCUT2D eigenvalue weighted by Crippen LogP contribution is 2.26. The fourth-order valence-electron chi connectivity index (χ4n) is 2.86. The maximum atomic E-state index is 13.5.